The maximum absolute atomic E-state index is 14.1. The minimum absolute atomic E-state index is 0.139. The predicted octanol–water partition coefficient (Wildman–Crippen LogP) is 3.95. The average Bonchev–Trinajstić information content (AvgIpc) is 2.65. The largest absolute Gasteiger partial charge is 0.354 e. The summed E-state index contributed by atoms with van der Waals surface area (Å²) in [5.41, 5.74) is 2.17. The van der Waals surface area contributed by atoms with Gasteiger partial charge in [-0.3, -0.25) is 0 Å². The van der Waals surface area contributed by atoms with Crippen LogP contribution in [0.2, 0.25) is 5.02 Å². The highest BCUT2D eigenvalue weighted by Crippen LogP contribution is 2.34. The number of piperazine rings is 1. The molecule has 0 spiro atoms. The molecule has 0 amide bonds. The van der Waals surface area contributed by atoms with Crippen LogP contribution >= 0.6 is 11.6 Å². The molecule has 0 unspecified atom stereocenters. The molecule has 4 rings (SSSR count). The van der Waals surface area contributed by atoms with Gasteiger partial charge in [-0.15, -0.1) is 0 Å². The maximum Gasteiger partial charge on any atom is 0.137 e. The molecule has 0 radical (unpaired) electrons. The number of rotatable bonds is 2. The number of benzene rings is 1. The lowest BCUT2D eigenvalue weighted by Gasteiger charge is -2.28. The fraction of sp³-hybridized carbons (Fsp3) is 0.263. The van der Waals surface area contributed by atoms with Crippen molar-refractivity contribution in [2.75, 3.05) is 31.1 Å². The van der Waals surface area contributed by atoms with E-state index in [9.17, 15) is 8.78 Å². The van der Waals surface area contributed by atoms with Gasteiger partial charge >= 0.3 is 0 Å². The molecule has 1 saturated heterocycles. The van der Waals surface area contributed by atoms with E-state index >= 15 is 0 Å². The Morgan fingerprint density at radius 1 is 1.15 bits per heavy atom. The van der Waals surface area contributed by atoms with Crippen LogP contribution in [0.1, 0.15) is 5.56 Å². The molecule has 0 atom stereocenters. The van der Waals surface area contributed by atoms with Crippen molar-refractivity contribution in [3.05, 3.63) is 52.7 Å². The molecular formula is C19H17ClF2N4. The monoisotopic (exact) mass is 374 g/mol. The highest BCUT2D eigenvalue weighted by molar-refractivity contribution is 6.36. The van der Waals surface area contributed by atoms with Crippen LogP contribution < -0.4 is 10.2 Å². The lowest BCUT2D eigenvalue weighted by Crippen LogP contribution is -2.43. The van der Waals surface area contributed by atoms with Crippen LogP contribution in [0.25, 0.3) is 22.2 Å². The first kappa shape index (κ1) is 17.1. The number of hydrogen-bond acceptors (Lipinski definition) is 4. The first-order chi connectivity index (χ1) is 12.5. The van der Waals surface area contributed by atoms with Crippen molar-refractivity contribution in [2.45, 2.75) is 6.92 Å². The molecular weight excluding hydrogens is 358 g/mol. The zero-order chi connectivity index (χ0) is 18.3. The second-order valence-corrected chi connectivity index (χ2v) is 6.70. The number of nitrogens with one attached hydrogen (secondary N) is 1. The van der Waals surface area contributed by atoms with Crippen molar-refractivity contribution in [3.63, 3.8) is 0 Å². The molecule has 3 heterocycles. The molecule has 1 fully saturated rings. The quantitative estimate of drug-likeness (QED) is 0.737. The summed E-state index contributed by atoms with van der Waals surface area (Å²) in [6.07, 6.45) is 1.73. The van der Waals surface area contributed by atoms with Gasteiger partial charge in [0.15, 0.2) is 0 Å². The van der Waals surface area contributed by atoms with E-state index in [0.717, 1.165) is 43.6 Å². The highest BCUT2D eigenvalue weighted by Gasteiger charge is 2.17. The minimum atomic E-state index is -0.709. The number of aromatic nitrogens is 2. The molecule has 0 aliphatic carbocycles. The van der Waals surface area contributed by atoms with Crippen LogP contribution in [0.3, 0.4) is 0 Å². The fourth-order valence-electron chi connectivity index (χ4n) is 3.25. The Bertz CT molecular complexity index is 970. The average molecular weight is 375 g/mol. The van der Waals surface area contributed by atoms with E-state index in [2.05, 4.69) is 20.2 Å². The van der Waals surface area contributed by atoms with Gasteiger partial charge in [-0.25, -0.2) is 18.7 Å². The zero-order valence-corrected chi connectivity index (χ0v) is 14.9. The number of hydrogen-bond donors (Lipinski definition) is 1. The van der Waals surface area contributed by atoms with Gasteiger partial charge < -0.3 is 10.2 Å². The second-order valence-electron chi connectivity index (χ2n) is 6.32. The summed E-state index contributed by atoms with van der Waals surface area (Å²) in [6, 6.07) is 5.86. The number of anilines is 1. The van der Waals surface area contributed by atoms with E-state index in [0.29, 0.717) is 11.3 Å². The van der Waals surface area contributed by atoms with Crippen LogP contribution in [0.5, 0.6) is 0 Å². The van der Waals surface area contributed by atoms with Crippen molar-refractivity contribution < 1.29 is 8.78 Å². The molecule has 0 saturated carbocycles. The second kappa shape index (κ2) is 6.78. The smallest absolute Gasteiger partial charge is 0.137 e. The normalized spacial score (nSPS) is 14.8. The van der Waals surface area contributed by atoms with Gasteiger partial charge in [-0.1, -0.05) is 11.6 Å². The summed E-state index contributed by atoms with van der Waals surface area (Å²) < 4.78 is 27.7. The van der Waals surface area contributed by atoms with E-state index in [-0.39, 0.29) is 15.9 Å². The van der Waals surface area contributed by atoms with Crippen LogP contribution in [0.15, 0.2) is 30.5 Å². The van der Waals surface area contributed by atoms with Gasteiger partial charge in [0, 0.05) is 50.1 Å². The summed E-state index contributed by atoms with van der Waals surface area (Å²) in [7, 11) is 0. The minimum Gasteiger partial charge on any atom is -0.354 e. The Morgan fingerprint density at radius 3 is 2.62 bits per heavy atom. The maximum atomic E-state index is 14.1. The zero-order valence-electron chi connectivity index (χ0n) is 14.2. The number of halogens is 3. The third-order valence-corrected chi connectivity index (χ3v) is 5.11. The summed E-state index contributed by atoms with van der Waals surface area (Å²) in [5, 5.41) is 3.69. The third-order valence-electron chi connectivity index (χ3n) is 4.63. The summed E-state index contributed by atoms with van der Waals surface area (Å²) in [4.78, 5) is 11.2. The van der Waals surface area contributed by atoms with E-state index in [1.165, 1.54) is 6.07 Å². The lowest BCUT2D eigenvalue weighted by atomic mass is 10.0. The molecule has 4 nitrogen and oxygen atoms in total. The molecule has 26 heavy (non-hydrogen) atoms. The summed E-state index contributed by atoms with van der Waals surface area (Å²) in [6.45, 7) is 5.45. The molecule has 0 bridgehead atoms. The molecule has 1 aliphatic heterocycles. The van der Waals surface area contributed by atoms with Gasteiger partial charge in [0.1, 0.15) is 17.5 Å². The number of pyridine rings is 2. The van der Waals surface area contributed by atoms with Gasteiger partial charge in [-0.05, 0) is 24.6 Å². The Balaban J connectivity index is 1.77. The van der Waals surface area contributed by atoms with Crippen LogP contribution in [0, 0.1) is 18.6 Å². The van der Waals surface area contributed by atoms with Crippen LogP contribution in [-0.2, 0) is 0 Å². The highest BCUT2D eigenvalue weighted by atomic mass is 35.5. The van der Waals surface area contributed by atoms with Gasteiger partial charge in [0.2, 0.25) is 0 Å². The predicted molar refractivity (Wildman–Crippen MR) is 99.7 cm³/mol. The molecule has 1 aromatic carbocycles. The Morgan fingerprint density at radius 2 is 1.92 bits per heavy atom. The van der Waals surface area contributed by atoms with Gasteiger partial charge in [-0.2, -0.15) is 0 Å². The Kier molecular flexibility index (Phi) is 4.46. The van der Waals surface area contributed by atoms with Crippen molar-refractivity contribution in [3.8, 4) is 11.3 Å². The van der Waals surface area contributed by atoms with Crippen molar-refractivity contribution in [2.24, 2.45) is 0 Å². The summed E-state index contributed by atoms with van der Waals surface area (Å²) in [5.74, 6) is -0.489. The SMILES string of the molecule is Cc1c(-c2ccc(N3CCNCC3)nc2)nc2cc(F)cc(F)c2c1Cl. The van der Waals surface area contributed by atoms with E-state index < -0.39 is 11.6 Å². The van der Waals surface area contributed by atoms with E-state index in [1.54, 1.807) is 13.1 Å². The van der Waals surface area contributed by atoms with Gasteiger partial charge in [0.25, 0.3) is 0 Å². The summed E-state index contributed by atoms with van der Waals surface area (Å²) >= 11 is 6.35. The Labute approximate surface area is 154 Å². The third kappa shape index (κ3) is 2.99. The van der Waals surface area contributed by atoms with E-state index in [1.807, 2.05) is 12.1 Å². The van der Waals surface area contributed by atoms with Crippen molar-refractivity contribution in [1.82, 2.24) is 15.3 Å². The molecule has 3 aromatic rings. The van der Waals surface area contributed by atoms with Crippen LogP contribution in [-0.4, -0.2) is 36.1 Å². The number of nitrogens with zero attached hydrogens (tertiary/aromatic N) is 3. The molecule has 7 heteroatoms. The standard InChI is InChI=1S/C19H17ClF2N4/c1-11-18(20)17-14(22)8-13(21)9-15(17)25-19(11)12-2-3-16(24-10-12)26-6-4-23-5-7-26/h2-3,8-10,23H,4-7H2,1H3. The lowest BCUT2D eigenvalue weighted by molar-refractivity contribution is 0.585. The molecule has 1 N–H and O–H groups in total. The topological polar surface area (TPSA) is 41.0 Å². The first-order valence-corrected chi connectivity index (χ1v) is 8.79. The molecule has 134 valence electrons. The van der Waals surface area contributed by atoms with Crippen molar-refractivity contribution in [1.29, 1.82) is 0 Å². The Hall–Kier alpha value is -2.31. The molecule has 1 aliphatic rings. The van der Waals surface area contributed by atoms with Gasteiger partial charge in [0.05, 0.1) is 21.6 Å². The van der Waals surface area contributed by atoms with Crippen LogP contribution in [0.4, 0.5) is 14.6 Å². The van der Waals surface area contributed by atoms with E-state index in [4.69, 9.17) is 11.6 Å². The number of fused-ring (bicyclic) bond motifs is 1. The molecule has 2 aromatic heterocycles. The fourth-order valence-corrected chi connectivity index (χ4v) is 3.53. The van der Waals surface area contributed by atoms with Crippen molar-refractivity contribution >= 4 is 28.3 Å². The first-order valence-electron chi connectivity index (χ1n) is 8.41.